The molecule has 0 saturated carbocycles. The van der Waals surface area contributed by atoms with Gasteiger partial charge in [0.15, 0.2) is 0 Å². The number of hydrogen-bond acceptors (Lipinski definition) is 3. The maximum absolute atomic E-state index is 9.25. The summed E-state index contributed by atoms with van der Waals surface area (Å²) in [6.45, 7) is 2.03. The Morgan fingerprint density at radius 3 is 0.781 bits per heavy atom. The molecule has 27 rings (SSSR count). The highest BCUT2D eigenvalue weighted by molar-refractivity contribution is 6.28. The van der Waals surface area contributed by atoms with Gasteiger partial charge in [-0.05, 0) is 276 Å². The molecule has 0 atom stereocenters. The molecule has 0 aliphatic carbocycles. The third-order valence-corrected chi connectivity index (χ3v) is 24.9. The second kappa shape index (κ2) is 30.4. The molecule has 596 valence electrons. The first-order valence-electron chi connectivity index (χ1n) is 54.1. The highest BCUT2D eigenvalue weighted by atomic mass is 16.3. The monoisotopic (exact) mass is 1650 g/mol. The lowest BCUT2D eigenvalue weighted by atomic mass is 9.85. The van der Waals surface area contributed by atoms with E-state index in [1.807, 2.05) is 146 Å². The van der Waals surface area contributed by atoms with Crippen LogP contribution >= 0.6 is 0 Å². The van der Waals surface area contributed by atoms with Gasteiger partial charge in [0.1, 0.15) is 33.5 Å². The van der Waals surface area contributed by atoms with Gasteiger partial charge in [-0.1, -0.05) is 387 Å². The first-order valence-corrected chi connectivity index (χ1v) is 42.1. The fourth-order valence-electron chi connectivity index (χ4n) is 19.2. The van der Waals surface area contributed by atoms with Crippen LogP contribution in [0.5, 0.6) is 0 Å². The normalized spacial score (nSPS) is 14.4. The van der Waals surface area contributed by atoms with Crippen molar-refractivity contribution >= 4 is 174 Å². The molecule has 24 aromatic carbocycles. The van der Waals surface area contributed by atoms with Gasteiger partial charge in [-0.2, -0.15) is 0 Å². The van der Waals surface area contributed by atoms with Crippen LogP contribution in [0, 0.1) is 6.92 Å². The Balaban J connectivity index is 0.000000118. The van der Waals surface area contributed by atoms with Crippen molar-refractivity contribution in [2.45, 2.75) is 6.92 Å². The van der Waals surface area contributed by atoms with E-state index in [9.17, 15) is 5.48 Å². The zero-order valence-corrected chi connectivity index (χ0v) is 68.2. The summed E-state index contributed by atoms with van der Waals surface area (Å²) in [5.74, 6) is 0. The van der Waals surface area contributed by atoms with Gasteiger partial charge >= 0.3 is 0 Å². The van der Waals surface area contributed by atoms with E-state index in [1.165, 1.54) is 0 Å². The van der Waals surface area contributed by atoms with Crippen LogP contribution < -0.4 is 0 Å². The maximum Gasteiger partial charge on any atom is 0.136 e. The summed E-state index contributed by atoms with van der Waals surface area (Å²) in [6.07, 6.45) is 0. The summed E-state index contributed by atoms with van der Waals surface area (Å²) in [5.41, 5.74) is 14.9. The van der Waals surface area contributed by atoms with Crippen molar-refractivity contribution in [1.82, 2.24) is 0 Å². The Labute approximate surface area is 771 Å². The number of aryl methyl sites for hydroxylation is 1. The van der Waals surface area contributed by atoms with Crippen LogP contribution in [0.4, 0.5) is 0 Å². The Morgan fingerprint density at radius 2 is 0.391 bits per heavy atom. The molecule has 3 heteroatoms. The van der Waals surface area contributed by atoms with Gasteiger partial charge in [0.2, 0.25) is 0 Å². The molecule has 0 bridgehead atoms. The standard InChI is InChI=1S/C46H28O.C42H26O.C37H24O/c1-2-11-30(12-3-1)44-37-14-6-8-16-39(37)45(40-17-9-7-15-38(40)44)35-21-20-31-26-32(18-19-33(31)27-35)34-23-24-42-41(28-34)46-36-13-5-4-10-29(36)22-25-43(46)47-42;1-3-11-27(12-4-1)30-20-19-28-21-24-39-42(36(28)25-30)37-26-31(22-23-38(37)43-39)41-34-17-9-7-15-32(34)40(29-13-5-2-6-14-29)33-16-8-10-18-35(33)41;1-23-15-16-24-17-20-34-37(31(24)21-23)32-22-26(18-19-33(32)38-34)36-29-13-7-5-11-27(29)35(25-9-3-2-4-10-25)28-12-6-8-14-30(28)36/h1-28H;1-26H;2-22H,1H3/i6D,7D,8D,9D,14D,15D,16D,17D;7D,8D,9D,10D,15D,16D,17D,18D;5D,6D,7D,8D,11D,12D,13D,14D. The van der Waals surface area contributed by atoms with Crippen molar-refractivity contribution in [2.24, 2.45) is 0 Å². The van der Waals surface area contributed by atoms with Crippen molar-refractivity contribution in [3.63, 3.8) is 0 Å². The molecule has 3 aromatic heterocycles. The number of hydrogen-bond donors (Lipinski definition) is 0. The summed E-state index contributed by atoms with van der Waals surface area (Å²) in [5, 5.41) is 15.9. The summed E-state index contributed by atoms with van der Waals surface area (Å²) < 4.78 is 233. The van der Waals surface area contributed by atoms with E-state index in [2.05, 4.69) is 84.9 Å². The zero-order chi connectivity index (χ0) is 105. The Morgan fingerprint density at radius 1 is 0.156 bits per heavy atom. The predicted octanol–water partition coefficient (Wildman–Crippen LogP) is 35.9. The minimum atomic E-state index is -0.428. The average Bonchev–Trinajstić information content (AvgIpc) is 0.760. The third kappa shape index (κ3) is 12.3. The molecule has 128 heavy (non-hydrogen) atoms. The summed E-state index contributed by atoms with van der Waals surface area (Å²) in [6, 6.07) is 90.6. The second-order valence-corrected chi connectivity index (χ2v) is 32.1. The van der Waals surface area contributed by atoms with Crippen LogP contribution in [0.25, 0.3) is 263 Å². The van der Waals surface area contributed by atoms with Crippen LogP contribution in [-0.4, -0.2) is 0 Å². The molecule has 3 nitrogen and oxygen atoms in total. The molecule has 3 heterocycles. The molecule has 0 spiro atoms. The molecule has 0 aliphatic rings. The SMILES string of the molecule is [2H]c1c([2H])c([2H])c2c(-c3ccc4cc(-c5ccc6oc7ccc8ccccc8c7c6c5)ccc4c3)c3c([2H])c([2H])c([2H])c([2H])c3c(-c3ccccc3)c2c1[2H].[2H]c1c([2H])c([2H])c2c(-c3ccc4oc5ccc6ccc(-c7ccccc7)cc6c5c4c3)c3c([2H])c([2H])c([2H])c([2H])c3c(-c3ccccc3)c2c1[2H].[2H]c1c([2H])c([2H])c2c(-c3ccc4oc5ccc6ccc(C)cc6c5c4c3)c3c([2H])c([2H])c([2H])c([2H])c3c(-c3ccccc3)c2c1[2H]. The summed E-state index contributed by atoms with van der Waals surface area (Å²) >= 11 is 0. The van der Waals surface area contributed by atoms with Crippen LogP contribution in [-0.2, 0) is 0 Å². The topological polar surface area (TPSA) is 39.4 Å². The number of fused-ring (bicyclic) bond motifs is 22. The summed E-state index contributed by atoms with van der Waals surface area (Å²) in [4.78, 5) is 0. The molecular weight excluding hydrogens is 1550 g/mol. The highest BCUT2D eigenvalue weighted by Gasteiger charge is 2.24. The molecule has 0 saturated heterocycles. The van der Waals surface area contributed by atoms with E-state index in [-0.39, 0.29) is 137 Å². The third-order valence-electron chi connectivity index (χ3n) is 24.9. The largest absolute Gasteiger partial charge is 0.456 e. The minimum Gasteiger partial charge on any atom is -0.456 e. The molecule has 0 fully saturated rings. The van der Waals surface area contributed by atoms with Gasteiger partial charge in [0, 0.05) is 32.3 Å². The fourth-order valence-corrected chi connectivity index (χ4v) is 19.2. The average molecular weight is 1650 g/mol. The lowest BCUT2D eigenvalue weighted by Gasteiger charge is -2.18. The van der Waals surface area contributed by atoms with E-state index < -0.39 is 72.5 Å². The number of rotatable bonds is 8. The lowest BCUT2D eigenvalue weighted by Crippen LogP contribution is -1.90. The van der Waals surface area contributed by atoms with E-state index in [4.69, 9.17) is 40.7 Å². The predicted molar refractivity (Wildman–Crippen MR) is 544 cm³/mol. The van der Waals surface area contributed by atoms with Gasteiger partial charge in [-0.15, -0.1) is 0 Å². The van der Waals surface area contributed by atoms with Crippen LogP contribution in [0.1, 0.15) is 38.5 Å². The summed E-state index contributed by atoms with van der Waals surface area (Å²) in [7, 11) is 0. The molecule has 0 unspecified atom stereocenters. The van der Waals surface area contributed by atoms with Gasteiger partial charge in [-0.25, -0.2) is 0 Å². The van der Waals surface area contributed by atoms with Crippen molar-refractivity contribution in [3.8, 4) is 89.0 Å². The van der Waals surface area contributed by atoms with E-state index in [0.717, 1.165) is 114 Å². The van der Waals surface area contributed by atoms with E-state index in [0.29, 0.717) is 89.1 Å². The minimum absolute atomic E-state index is 0.181. The number of furan rings is 3. The van der Waals surface area contributed by atoms with Crippen molar-refractivity contribution in [1.29, 1.82) is 0 Å². The van der Waals surface area contributed by atoms with Gasteiger partial charge in [0.25, 0.3) is 0 Å². The second-order valence-electron chi connectivity index (χ2n) is 32.1. The lowest BCUT2D eigenvalue weighted by molar-refractivity contribution is 0.669. The molecule has 27 aromatic rings. The Bertz CT molecular complexity index is 10500. The highest BCUT2D eigenvalue weighted by Crippen LogP contribution is 2.51. The van der Waals surface area contributed by atoms with Crippen LogP contribution in [0.2, 0.25) is 0 Å². The molecule has 0 N–H and O–H groups in total. The van der Waals surface area contributed by atoms with Gasteiger partial charge in [-0.3, -0.25) is 0 Å². The zero-order valence-electron chi connectivity index (χ0n) is 92.2. The van der Waals surface area contributed by atoms with Gasteiger partial charge < -0.3 is 13.3 Å². The van der Waals surface area contributed by atoms with Crippen molar-refractivity contribution in [2.75, 3.05) is 0 Å². The smallest absolute Gasteiger partial charge is 0.136 e. The Kier molecular flexibility index (Phi) is 12.7. The van der Waals surface area contributed by atoms with E-state index in [1.54, 1.807) is 84.9 Å². The molecule has 0 aliphatic heterocycles. The maximum atomic E-state index is 9.25. The Hall–Kier alpha value is -16.7. The van der Waals surface area contributed by atoms with Crippen LogP contribution in [0.3, 0.4) is 0 Å². The molecular formula is C125H78O3. The van der Waals surface area contributed by atoms with E-state index >= 15 is 0 Å². The molecule has 0 amide bonds. The number of benzene rings is 24. The van der Waals surface area contributed by atoms with Crippen molar-refractivity contribution < 1.29 is 46.1 Å². The van der Waals surface area contributed by atoms with Crippen molar-refractivity contribution in [3.05, 3.63) is 460 Å². The quantitative estimate of drug-likeness (QED) is 0.142. The first-order chi connectivity index (χ1) is 73.3. The van der Waals surface area contributed by atoms with Gasteiger partial charge in [0.05, 0.1) is 32.9 Å². The molecule has 0 radical (unpaired) electrons. The fraction of sp³-hybridized carbons (Fsp3) is 0.00800. The van der Waals surface area contributed by atoms with Crippen LogP contribution in [0.15, 0.2) is 468 Å². The first kappa shape index (κ1) is 53.3.